The number of rotatable bonds is 5. The summed E-state index contributed by atoms with van der Waals surface area (Å²) >= 11 is 0. The number of hydrogen-bond acceptors (Lipinski definition) is 4. The Bertz CT molecular complexity index is 318. The molecule has 0 heterocycles. The smallest absolute Gasteiger partial charge is 0.119 e. The standard InChI is InChI=1S/C11H14O4/c1-2-7-15-9-5-3-8(4-6-9)10(12)11(13)14/h3-6,10,12H,2,7H2,1H3,(H,13,14)/p-1/t10-/m1/s1. The van der Waals surface area contributed by atoms with Gasteiger partial charge in [-0.25, -0.2) is 0 Å². The summed E-state index contributed by atoms with van der Waals surface area (Å²) in [5.74, 6) is -0.844. The maximum atomic E-state index is 10.4. The Balaban J connectivity index is 2.67. The molecule has 0 spiro atoms. The number of carbonyl (C=O) groups is 1. The molecule has 0 radical (unpaired) electrons. The van der Waals surface area contributed by atoms with Gasteiger partial charge < -0.3 is 19.7 Å². The lowest BCUT2D eigenvalue weighted by Gasteiger charge is -2.12. The molecule has 4 nitrogen and oxygen atoms in total. The predicted octanol–water partition coefficient (Wildman–Crippen LogP) is 0.259. The summed E-state index contributed by atoms with van der Waals surface area (Å²) in [5.41, 5.74) is 0.291. The van der Waals surface area contributed by atoms with Crippen molar-refractivity contribution in [2.45, 2.75) is 19.4 Å². The first-order valence-corrected chi connectivity index (χ1v) is 4.77. The van der Waals surface area contributed by atoms with Crippen LogP contribution in [0.5, 0.6) is 5.75 Å². The van der Waals surface area contributed by atoms with Crippen LogP contribution in [0.25, 0.3) is 0 Å². The number of ether oxygens (including phenoxy) is 1. The molecule has 0 aliphatic heterocycles. The van der Waals surface area contributed by atoms with E-state index >= 15 is 0 Å². The molecule has 1 rings (SSSR count). The predicted molar refractivity (Wildman–Crippen MR) is 52.2 cm³/mol. The first-order chi connectivity index (χ1) is 7.15. The maximum absolute atomic E-state index is 10.4. The van der Waals surface area contributed by atoms with Crippen molar-refractivity contribution in [3.63, 3.8) is 0 Å². The fourth-order valence-electron chi connectivity index (χ4n) is 1.10. The molecule has 0 aliphatic carbocycles. The highest BCUT2D eigenvalue weighted by Crippen LogP contribution is 2.17. The maximum Gasteiger partial charge on any atom is 0.119 e. The molecule has 4 heteroatoms. The Hall–Kier alpha value is -1.55. The molecule has 1 N–H and O–H groups in total. The second-order valence-electron chi connectivity index (χ2n) is 3.14. The zero-order valence-corrected chi connectivity index (χ0v) is 8.47. The van der Waals surface area contributed by atoms with Crippen LogP contribution in [0, 0.1) is 0 Å². The summed E-state index contributed by atoms with van der Waals surface area (Å²) in [6, 6.07) is 6.26. The molecule has 15 heavy (non-hydrogen) atoms. The van der Waals surface area contributed by atoms with E-state index < -0.39 is 12.1 Å². The molecule has 82 valence electrons. The van der Waals surface area contributed by atoms with E-state index in [0.717, 1.165) is 6.42 Å². The number of carbonyl (C=O) groups excluding carboxylic acids is 1. The molecular formula is C11H13O4-. The lowest BCUT2D eigenvalue weighted by molar-refractivity contribution is -0.315. The minimum absolute atomic E-state index is 0.291. The van der Waals surface area contributed by atoms with Gasteiger partial charge in [0, 0.05) is 0 Å². The van der Waals surface area contributed by atoms with E-state index in [4.69, 9.17) is 9.84 Å². The highest BCUT2D eigenvalue weighted by atomic mass is 16.5. The van der Waals surface area contributed by atoms with Crippen LogP contribution in [-0.4, -0.2) is 17.7 Å². The summed E-state index contributed by atoms with van der Waals surface area (Å²) in [4.78, 5) is 10.4. The minimum Gasteiger partial charge on any atom is -0.547 e. The molecule has 1 aromatic carbocycles. The van der Waals surface area contributed by atoms with Crippen molar-refractivity contribution in [1.82, 2.24) is 0 Å². The fraction of sp³-hybridized carbons (Fsp3) is 0.364. The van der Waals surface area contributed by atoms with Crippen molar-refractivity contribution in [3.8, 4) is 5.75 Å². The molecule has 1 atom stereocenters. The number of carboxylic acid groups (broad SMARTS) is 1. The molecule has 0 aliphatic rings. The zero-order valence-electron chi connectivity index (χ0n) is 8.47. The van der Waals surface area contributed by atoms with Crippen molar-refractivity contribution >= 4 is 5.97 Å². The first kappa shape index (κ1) is 11.5. The van der Waals surface area contributed by atoms with E-state index in [1.165, 1.54) is 12.1 Å². The number of aliphatic hydroxyl groups is 1. The van der Waals surface area contributed by atoms with Gasteiger partial charge in [-0.15, -0.1) is 0 Å². The van der Waals surface area contributed by atoms with E-state index in [9.17, 15) is 9.90 Å². The van der Waals surface area contributed by atoms with Gasteiger partial charge in [0.25, 0.3) is 0 Å². The van der Waals surface area contributed by atoms with Gasteiger partial charge in [-0.1, -0.05) is 19.1 Å². The lowest BCUT2D eigenvalue weighted by Crippen LogP contribution is -2.29. The van der Waals surface area contributed by atoms with Crippen LogP contribution >= 0.6 is 0 Å². The van der Waals surface area contributed by atoms with Crippen LogP contribution in [0.15, 0.2) is 24.3 Å². The Kier molecular flexibility index (Phi) is 4.12. The minimum atomic E-state index is -1.58. The van der Waals surface area contributed by atoms with Crippen molar-refractivity contribution in [3.05, 3.63) is 29.8 Å². The monoisotopic (exact) mass is 209 g/mol. The molecule has 0 bridgehead atoms. The number of hydrogen-bond donors (Lipinski definition) is 1. The fourth-order valence-corrected chi connectivity index (χ4v) is 1.10. The quantitative estimate of drug-likeness (QED) is 0.755. The van der Waals surface area contributed by atoms with Crippen LogP contribution in [0.3, 0.4) is 0 Å². The Morgan fingerprint density at radius 1 is 1.47 bits per heavy atom. The van der Waals surface area contributed by atoms with Gasteiger partial charge in [0.2, 0.25) is 0 Å². The van der Waals surface area contributed by atoms with Crippen molar-refractivity contribution in [1.29, 1.82) is 0 Å². The molecular weight excluding hydrogens is 196 g/mol. The van der Waals surface area contributed by atoms with Crippen LogP contribution in [0.1, 0.15) is 25.0 Å². The van der Waals surface area contributed by atoms with E-state index in [-0.39, 0.29) is 0 Å². The molecule has 1 aromatic rings. The average molecular weight is 209 g/mol. The van der Waals surface area contributed by atoms with Crippen molar-refractivity contribution < 1.29 is 19.7 Å². The number of aliphatic hydroxyl groups excluding tert-OH is 1. The molecule has 0 unspecified atom stereocenters. The molecule has 0 fully saturated rings. The Labute approximate surface area is 88.1 Å². The molecule has 0 aromatic heterocycles. The van der Waals surface area contributed by atoms with Gasteiger partial charge in [0.15, 0.2) is 0 Å². The SMILES string of the molecule is CCCOc1ccc([C@@H](O)C(=O)[O-])cc1. The van der Waals surface area contributed by atoms with Gasteiger partial charge in [-0.3, -0.25) is 0 Å². The van der Waals surface area contributed by atoms with E-state index in [1.807, 2.05) is 6.92 Å². The number of carboxylic acids is 1. The molecule has 0 saturated heterocycles. The highest BCUT2D eigenvalue weighted by molar-refractivity contribution is 5.71. The van der Waals surface area contributed by atoms with Crippen molar-refractivity contribution in [2.75, 3.05) is 6.61 Å². The van der Waals surface area contributed by atoms with Crippen LogP contribution in [0.2, 0.25) is 0 Å². The van der Waals surface area contributed by atoms with Crippen LogP contribution in [0.4, 0.5) is 0 Å². The molecule has 0 amide bonds. The Morgan fingerprint density at radius 2 is 2.07 bits per heavy atom. The van der Waals surface area contributed by atoms with Gasteiger partial charge in [-0.05, 0) is 24.1 Å². The van der Waals surface area contributed by atoms with E-state index in [2.05, 4.69) is 0 Å². The summed E-state index contributed by atoms with van der Waals surface area (Å²) in [7, 11) is 0. The molecule has 0 saturated carbocycles. The summed E-state index contributed by atoms with van der Waals surface area (Å²) in [5, 5.41) is 19.5. The second-order valence-corrected chi connectivity index (χ2v) is 3.14. The van der Waals surface area contributed by atoms with Crippen LogP contribution in [-0.2, 0) is 4.79 Å². The third-order valence-corrected chi connectivity index (χ3v) is 1.89. The first-order valence-electron chi connectivity index (χ1n) is 4.77. The van der Waals surface area contributed by atoms with Gasteiger partial charge in [0.05, 0.1) is 12.6 Å². The summed E-state index contributed by atoms with van der Waals surface area (Å²) < 4.78 is 5.31. The zero-order chi connectivity index (χ0) is 11.3. The largest absolute Gasteiger partial charge is 0.547 e. The summed E-state index contributed by atoms with van der Waals surface area (Å²) in [6.45, 7) is 2.61. The average Bonchev–Trinajstić information content (AvgIpc) is 2.26. The van der Waals surface area contributed by atoms with E-state index in [0.29, 0.717) is 17.9 Å². The van der Waals surface area contributed by atoms with Gasteiger partial charge in [0.1, 0.15) is 11.9 Å². The summed E-state index contributed by atoms with van der Waals surface area (Å²) in [6.07, 6.45) is -0.672. The van der Waals surface area contributed by atoms with Crippen molar-refractivity contribution in [2.24, 2.45) is 0 Å². The highest BCUT2D eigenvalue weighted by Gasteiger charge is 2.07. The van der Waals surface area contributed by atoms with Gasteiger partial charge in [-0.2, -0.15) is 0 Å². The third-order valence-electron chi connectivity index (χ3n) is 1.89. The number of benzene rings is 1. The Morgan fingerprint density at radius 3 is 2.53 bits per heavy atom. The lowest BCUT2D eigenvalue weighted by atomic mass is 10.1. The normalized spacial score (nSPS) is 12.1. The third kappa shape index (κ3) is 3.25. The van der Waals surface area contributed by atoms with Gasteiger partial charge >= 0.3 is 0 Å². The van der Waals surface area contributed by atoms with E-state index in [1.54, 1.807) is 12.1 Å². The second kappa shape index (κ2) is 5.36. The topological polar surface area (TPSA) is 69.6 Å². The number of aliphatic carboxylic acids is 1. The van der Waals surface area contributed by atoms with Crippen LogP contribution < -0.4 is 9.84 Å².